The third kappa shape index (κ3) is 7.69. The van der Waals surface area contributed by atoms with Crippen LogP contribution >= 0.6 is 0 Å². The largest absolute Gasteiger partial charge is 0.316 e. The van der Waals surface area contributed by atoms with Gasteiger partial charge in [-0.15, -0.1) is 0 Å². The predicted molar refractivity (Wildman–Crippen MR) is 120 cm³/mol. The second-order valence-corrected chi connectivity index (χ2v) is 10.2. The van der Waals surface area contributed by atoms with Crippen molar-refractivity contribution in [2.24, 2.45) is 23.2 Å². The minimum Gasteiger partial charge on any atom is -0.316 e. The van der Waals surface area contributed by atoms with Crippen LogP contribution in [-0.2, 0) is 0 Å². The van der Waals surface area contributed by atoms with Crippen LogP contribution in [-0.4, -0.2) is 37.6 Å². The molecule has 1 unspecified atom stereocenters. The Morgan fingerprint density at radius 2 is 1.59 bits per heavy atom. The molecule has 1 heterocycles. The van der Waals surface area contributed by atoms with Crippen molar-refractivity contribution in [3.8, 4) is 0 Å². The topological polar surface area (TPSA) is 15.3 Å². The van der Waals surface area contributed by atoms with Crippen LogP contribution in [0.25, 0.3) is 0 Å². The van der Waals surface area contributed by atoms with Gasteiger partial charge in [0.15, 0.2) is 0 Å². The molecule has 2 heteroatoms. The molecule has 0 aromatic heterocycles. The van der Waals surface area contributed by atoms with E-state index in [0.717, 1.165) is 23.2 Å². The number of nitrogens with one attached hydrogen (secondary N) is 1. The first-order valence-corrected chi connectivity index (χ1v) is 12.6. The molecule has 160 valence electrons. The highest BCUT2D eigenvalue weighted by Gasteiger charge is 2.52. The van der Waals surface area contributed by atoms with Crippen LogP contribution in [0.3, 0.4) is 0 Å². The van der Waals surface area contributed by atoms with Crippen molar-refractivity contribution in [1.29, 1.82) is 0 Å². The van der Waals surface area contributed by atoms with E-state index in [9.17, 15) is 0 Å². The van der Waals surface area contributed by atoms with Gasteiger partial charge in [0.05, 0.1) is 0 Å². The Hall–Kier alpha value is -0.0800. The van der Waals surface area contributed by atoms with E-state index >= 15 is 0 Å². The minimum absolute atomic E-state index is 0.736. The fourth-order valence-electron chi connectivity index (χ4n) is 5.70. The van der Waals surface area contributed by atoms with Crippen LogP contribution in [0, 0.1) is 23.2 Å². The third-order valence-electron chi connectivity index (χ3n) is 7.42. The van der Waals surface area contributed by atoms with Gasteiger partial charge in [0, 0.05) is 19.6 Å². The Bertz CT molecular complexity index is 367. The lowest BCUT2D eigenvalue weighted by molar-refractivity contribution is -0.112. The molecule has 2 atom stereocenters. The van der Waals surface area contributed by atoms with Crippen LogP contribution in [0.1, 0.15) is 105 Å². The van der Waals surface area contributed by atoms with Crippen molar-refractivity contribution in [2.75, 3.05) is 32.7 Å². The zero-order chi connectivity index (χ0) is 19.5. The highest BCUT2D eigenvalue weighted by molar-refractivity contribution is 5.05. The Morgan fingerprint density at radius 1 is 0.889 bits per heavy atom. The van der Waals surface area contributed by atoms with Crippen LogP contribution in [0.15, 0.2) is 0 Å². The Labute approximate surface area is 171 Å². The molecule has 0 aromatic rings. The molecule has 2 nitrogen and oxygen atoms in total. The molecule has 1 aliphatic heterocycles. The molecule has 0 radical (unpaired) electrons. The summed E-state index contributed by atoms with van der Waals surface area (Å²) in [5.41, 5.74) is 0.736. The standard InChI is InChI=1S/C25H50N2/c1-5-8-10-12-15-26-18-22(4)24-16-25(17-24)20-27(21-25)19-23(13-7-3)14-11-9-6-2/h22-24,26H,5-21H2,1-4H3/t22-,23?/m0/s1. The lowest BCUT2D eigenvalue weighted by Gasteiger charge is -2.61. The van der Waals surface area contributed by atoms with Crippen molar-refractivity contribution in [3.05, 3.63) is 0 Å². The van der Waals surface area contributed by atoms with E-state index in [-0.39, 0.29) is 0 Å². The van der Waals surface area contributed by atoms with Gasteiger partial charge >= 0.3 is 0 Å². The van der Waals surface area contributed by atoms with Gasteiger partial charge in [-0.2, -0.15) is 0 Å². The van der Waals surface area contributed by atoms with Gasteiger partial charge in [-0.1, -0.05) is 72.6 Å². The molecule has 0 amide bonds. The number of hydrogen-bond acceptors (Lipinski definition) is 2. The van der Waals surface area contributed by atoms with E-state index in [1.54, 1.807) is 0 Å². The molecule has 1 N–H and O–H groups in total. The van der Waals surface area contributed by atoms with Crippen molar-refractivity contribution in [2.45, 2.75) is 105 Å². The second kappa shape index (κ2) is 12.5. The number of nitrogens with zero attached hydrogens (tertiary/aromatic N) is 1. The van der Waals surface area contributed by atoms with Gasteiger partial charge in [-0.3, -0.25) is 0 Å². The Morgan fingerprint density at radius 3 is 2.26 bits per heavy atom. The molecule has 27 heavy (non-hydrogen) atoms. The van der Waals surface area contributed by atoms with Crippen molar-refractivity contribution in [1.82, 2.24) is 10.2 Å². The maximum absolute atomic E-state index is 3.72. The smallest absolute Gasteiger partial charge is 0.00508 e. The summed E-state index contributed by atoms with van der Waals surface area (Å²) in [6, 6.07) is 0. The summed E-state index contributed by atoms with van der Waals surface area (Å²) in [7, 11) is 0. The van der Waals surface area contributed by atoms with E-state index in [4.69, 9.17) is 0 Å². The summed E-state index contributed by atoms with van der Waals surface area (Å²) in [5, 5.41) is 3.72. The molecule has 0 bridgehead atoms. The van der Waals surface area contributed by atoms with Gasteiger partial charge in [0.25, 0.3) is 0 Å². The van der Waals surface area contributed by atoms with Gasteiger partial charge < -0.3 is 10.2 Å². The van der Waals surface area contributed by atoms with Crippen LogP contribution in [0.5, 0.6) is 0 Å². The molecular formula is C25H50N2. The van der Waals surface area contributed by atoms with E-state index in [2.05, 4.69) is 37.9 Å². The van der Waals surface area contributed by atoms with Crippen molar-refractivity contribution < 1.29 is 0 Å². The van der Waals surface area contributed by atoms with Gasteiger partial charge in [0.2, 0.25) is 0 Å². The first-order chi connectivity index (χ1) is 13.1. The number of unbranched alkanes of at least 4 members (excludes halogenated alkanes) is 5. The maximum atomic E-state index is 3.72. The molecule has 1 saturated heterocycles. The average Bonchev–Trinajstić information content (AvgIpc) is 2.58. The van der Waals surface area contributed by atoms with E-state index in [0.29, 0.717) is 0 Å². The molecule has 1 saturated carbocycles. The lowest BCUT2D eigenvalue weighted by atomic mass is 9.55. The van der Waals surface area contributed by atoms with Gasteiger partial charge in [-0.25, -0.2) is 0 Å². The monoisotopic (exact) mass is 378 g/mol. The quantitative estimate of drug-likeness (QED) is 0.308. The van der Waals surface area contributed by atoms with Crippen LogP contribution in [0.2, 0.25) is 0 Å². The molecule has 1 spiro atoms. The third-order valence-corrected chi connectivity index (χ3v) is 7.42. The minimum atomic E-state index is 0.736. The predicted octanol–water partition coefficient (Wildman–Crippen LogP) is 6.50. The SMILES string of the molecule is CCCCCCNC[C@H](C)C1CC2(C1)CN(CC(CCC)CCCCC)C2. The first kappa shape index (κ1) is 23.2. The Kier molecular flexibility index (Phi) is 10.7. The van der Waals surface area contributed by atoms with Crippen molar-refractivity contribution in [3.63, 3.8) is 0 Å². The zero-order valence-electron chi connectivity index (χ0n) is 19.2. The van der Waals surface area contributed by atoms with E-state index in [1.807, 2.05) is 0 Å². The summed E-state index contributed by atoms with van der Waals surface area (Å²) in [6.45, 7) is 16.1. The molecule has 2 aliphatic rings. The van der Waals surface area contributed by atoms with Crippen LogP contribution in [0.4, 0.5) is 0 Å². The highest BCUT2D eigenvalue weighted by Crippen LogP contribution is 2.54. The molecule has 2 rings (SSSR count). The normalized spacial score (nSPS) is 21.8. The molecule has 2 fully saturated rings. The highest BCUT2D eigenvalue weighted by atomic mass is 15.2. The first-order valence-electron chi connectivity index (χ1n) is 12.6. The average molecular weight is 379 g/mol. The van der Waals surface area contributed by atoms with E-state index < -0.39 is 0 Å². The summed E-state index contributed by atoms with van der Waals surface area (Å²) >= 11 is 0. The molecule has 1 aliphatic carbocycles. The Balaban J connectivity index is 1.54. The number of hydrogen-bond donors (Lipinski definition) is 1. The fraction of sp³-hybridized carbons (Fsp3) is 1.00. The number of likely N-dealkylation sites (tertiary alicyclic amines) is 1. The number of rotatable bonds is 16. The lowest BCUT2D eigenvalue weighted by Crippen LogP contribution is -2.63. The molecular weight excluding hydrogens is 328 g/mol. The van der Waals surface area contributed by atoms with Crippen LogP contribution < -0.4 is 5.32 Å². The van der Waals surface area contributed by atoms with E-state index in [1.165, 1.54) is 110 Å². The summed E-state index contributed by atoms with van der Waals surface area (Å²) in [4.78, 5) is 2.79. The maximum Gasteiger partial charge on any atom is 0.00508 e. The van der Waals surface area contributed by atoms with Gasteiger partial charge in [-0.05, 0) is 68.4 Å². The van der Waals surface area contributed by atoms with Crippen molar-refractivity contribution >= 4 is 0 Å². The summed E-state index contributed by atoms with van der Waals surface area (Å²) in [5.74, 6) is 2.83. The zero-order valence-corrected chi connectivity index (χ0v) is 19.2. The molecule has 0 aromatic carbocycles. The summed E-state index contributed by atoms with van der Waals surface area (Å²) < 4.78 is 0. The van der Waals surface area contributed by atoms with Gasteiger partial charge in [0.1, 0.15) is 0 Å². The fourth-order valence-corrected chi connectivity index (χ4v) is 5.70. The second-order valence-electron chi connectivity index (χ2n) is 10.2. The summed E-state index contributed by atoms with van der Waals surface area (Å²) in [6.07, 6.45) is 17.0.